The Kier molecular flexibility index (Phi) is 4.92. The monoisotopic (exact) mass is 434 g/mol. The van der Waals surface area contributed by atoms with Crippen LogP contribution in [0, 0.1) is 12.7 Å². The predicted molar refractivity (Wildman–Crippen MR) is 116 cm³/mol. The van der Waals surface area contributed by atoms with Crippen LogP contribution < -0.4 is 5.32 Å². The van der Waals surface area contributed by atoms with Gasteiger partial charge in [0, 0.05) is 42.2 Å². The van der Waals surface area contributed by atoms with Gasteiger partial charge in [-0.05, 0) is 36.2 Å². The summed E-state index contributed by atoms with van der Waals surface area (Å²) in [5.41, 5.74) is 2.65. The Morgan fingerprint density at radius 3 is 2.78 bits per heavy atom. The fourth-order valence-corrected chi connectivity index (χ4v) is 4.55. The van der Waals surface area contributed by atoms with Crippen LogP contribution in [-0.4, -0.2) is 64.2 Å². The lowest BCUT2D eigenvalue weighted by molar-refractivity contribution is -0.152. The quantitative estimate of drug-likeness (QED) is 0.661. The number of H-pyrrole nitrogens is 1. The van der Waals surface area contributed by atoms with Crippen molar-refractivity contribution in [3.63, 3.8) is 0 Å². The van der Waals surface area contributed by atoms with Crippen LogP contribution in [0.15, 0.2) is 48.7 Å². The van der Waals surface area contributed by atoms with E-state index in [1.807, 2.05) is 30.5 Å². The first-order valence-electron chi connectivity index (χ1n) is 10.6. The third-order valence-electron chi connectivity index (χ3n) is 6.39. The van der Waals surface area contributed by atoms with Crippen LogP contribution >= 0.6 is 0 Å². The van der Waals surface area contributed by atoms with Gasteiger partial charge >= 0.3 is 0 Å². The van der Waals surface area contributed by atoms with Gasteiger partial charge in [0.2, 0.25) is 11.8 Å². The van der Waals surface area contributed by atoms with Crippen LogP contribution in [0.25, 0.3) is 10.9 Å². The van der Waals surface area contributed by atoms with Crippen molar-refractivity contribution in [2.75, 3.05) is 19.6 Å². The summed E-state index contributed by atoms with van der Waals surface area (Å²) >= 11 is 0. The van der Waals surface area contributed by atoms with E-state index in [1.165, 1.54) is 11.0 Å². The Hall–Kier alpha value is -3.68. The molecular formula is C24H23FN4O3. The fourth-order valence-electron chi connectivity index (χ4n) is 4.55. The van der Waals surface area contributed by atoms with Gasteiger partial charge in [0.25, 0.3) is 5.91 Å². The summed E-state index contributed by atoms with van der Waals surface area (Å²) in [4.78, 5) is 45.1. The smallest absolute Gasteiger partial charge is 0.254 e. The van der Waals surface area contributed by atoms with Gasteiger partial charge in [-0.2, -0.15) is 0 Å². The Labute approximate surface area is 184 Å². The standard InChI is InChI=1S/C24H23FN4O3/c1-14-6-7-15(10-18(14)25)23(31)28-8-9-29-21(13-28)22(30)27-20(24(29)32)11-16-12-26-19-5-3-2-4-17(16)19/h2-7,10,12,20-21,26H,8-9,11,13H2,1H3,(H,27,30)/t20-,21+/m0/s1. The van der Waals surface area contributed by atoms with Crippen molar-refractivity contribution in [2.24, 2.45) is 0 Å². The molecule has 0 saturated carbocycles. The summed E-state index contributed by atoms with van der Waals surface area (Å²) < 4.78 is 13.9. The lowest BCUT2D eigenvalue weighted by atomic mass is 9.98. The van der Waals surface area contributed by atoms with Crippen LogP contribution in [0.2, 0.25) is 0 Å². The van der Waals surface area contributed by atoms with Crippen molar-refractivity contribution >= 4 is 28.6 Å². The zero-order valence-electron chi connectivity index (χ0n) is 17.6. The van der Waals surface area contributed by atoms with Crippen molar-refractivity contribution < 1.29 is 18.8 Å². The van der Waals surface area contributed by atoms with Crippen molar-refractivity contribution in [1.29, 1.82) is 0 Å². The predicted octanol–water partition coefficient (Wildman–Crippen LogP) is 2.01. The first kappa shape index (κ1) is 20.2. The molecule has 0 radical (unpaired) electrons. The number of nitrogens with one attached hydrogen (secondary N) is 2. The first-order chi connectivity index (χ1) is 15.4. The third-order valence-corrected chi connectivity index (χ3v) is 6.39. The molecule has 164 valence electrons. The number of aromatic amines is 1. The Morgan fingerprint density at radius 1 is 1.16 bits per heavy atom. The van der Waals surface area contributed by atoms with Crippen LogP contribution in [0.1, 0.15) is 21.5 Å². The lowest BCUT2D eigenvalue weighted by Gasteiger charge is -2.45. The SMILES string of the molecule is Cc1ccc(C(=O)N2CCN3C(=O)[C@H](Cc4c[nH]c5ccccc45)NC(=O)[C@H]3C2)cc1F. The molecule has 7 nitrogen and oxygen atoms in total. The van der Waals surface area contributed by atoms with E-state index in [4.69, 9.17) is 0 Å². The van der Waals surface area contributed by atoms with Crippen LogP contribution in [0.3, 0.4) is 0 Å². The number of nitrogens with zero attached hydrogens (tertiary/aromatic N) is 2. The highest BCUT2D eigenvalue weighted by Crippen LogP contribution is 2.23. The summed E-state index contributed by atoms with van der Waals surface area (Å²) in [6.07, 6.45) is 2.26. The molecule has 32 heavy (non-hydrogen) atoms. The molecule has 5 rings (SSSR count). The Balaban J connectivity index is 1.31. The molecule has 2 aliphatic rings. The lowest BCUT2D eigenvalue weighted by Crippen LogP contribution is -2.70. The molecule has 2 atom stereocenters. The normalized spacial score (nSPS) is 20.9. The maximum absolute atomic E-state index is 13.9. The summed E-state index contributed by atoms with van der Waals surface area (Å²) in [6, 6.07) is 10.8. The molecule has 2 fully saturated rings. The first-order valence-corrected chi connectivity index (χ1v) is 10.6. The van der Waals surface area contributed by atoms with Crippen molar-refractivity contribution in [3.8, 4) is 0 Å². The van der Waals surface area contributed by atoms with Gasteiger partial charge in [-0.3, -0.25) is 14.4 Å². The number of para-hydroxylation sites is 1. The van der Waals surface area contributed by atoms with E-state index in [2.05, 4.69) is 10.3 Å². The van der Waals surface area contributed by atoms with Crippen molar-refractivity contribution in [1.82, 2.24) is 20.1 Å². The molecule has 0 unspecified atom stereocenters. The molecule has 0 aliphatic carbocycles. The van der Waals surface area contributed by atoms with E-state index < -0.39 is 17.9 Å². The van der Waals surface area contributed by atoms with Gasteiger partial charge in [-0.25, -0.2) is 4.39 Å². The summed E-state index contributed by atoms with van der Waals surface area (Å²) in [7, 11) is 0. The summed E-state index contributed by atoms with van der Waals surface area (Å²) in [5, 5.41) is 3.87. The fraction of sp³-hybridized carbons (Fsp3) is 0.292. The average molecular weight is 434 g/mol. The molecular weight excluding hydrogens is 411 g/mol. The van der Waals surface area contributed by atoms with Crippen molar-refractivity contribution in [3.05, 3.63) is 71.2 Å². The third kappa shape index (κ3) is 3.41. The van der Waals surface area contributed by atoms with Crippen LogP contribution in [0.4, 0.5) is 4.39 Å². The van der Waals surface area contributed by atoms with Gasteiger partial charge in [0.15, 0.2) is 0 Å². The topological polar surface area (TPSA) is 85.5 Å². The number of aromatic nitrogens is 1. The van der Waals surface area contributed by atoms with E-state index in [0.29, 0.717) is 18.5 Å². The number of fused-ring (bicyclic) bond motifs is 2. The second-order valence-corrected chi connectivity index (χ2v) is 8.39. The van der Waals surface area contributed by atoms with Gasteiger partial charge in [0.05, 0.1) is 6.54 Å². The minimum Gasteiger partial charge on any atom is -0.361 e. The highest BCUT2D eigenvalue weighted by atomic mass is 19.1. The second-order valence-electron chi connectivity index (χ2n) is 8.39. The molecule has 1 aromatic heterocycles. The maximum Gasteiger partial charge on any atom is 0.254 e. The zero-order chi connectivity index (χ0) is 22.4. The number of carbonyl (C=O) groups excluding carboxylic acids is 3. The number of amides is 3. The Morgan fingerprint density at radius 2 is 1.97 bits per heavy atom. The summed E-state index contributed by atoms with van der Waals surface area (Å²) in [5.74, 6) is -1.21. The number of halogens is 1. The number of benzene rings is 2. The number of hydrogen-bond donors (Lipinski definition) is 2. The van der Waals surface area contributed by atoms with Crippen LogP contribution in [0.5, 0.6) is 0 Å². The molecule has 0 spiro atoms. The molecule has 3 amide bonds. The molecule has 2 aromatic carbocycles. The number of rotatable bonds is 3. The van der Waals surface area contributed by atoms with Crippen molar-refractivity contribution in [2.45, 2.75) is 25.4 Å². The Bertz CT molecular complexity index is 1240. The van der Waals surface area contributed by atoms with E-state index in [1.54, 1.807) is 24.0 Å². The number of carbonyl (C=O) groups is 3. The highest BCUT2D eigenvalue weighted by Gasteiger charge is 2.44. The molecule has 3 heterocycles. The van der Waals surface area contributed by atoms with E-state index in [9.17, 15) is 18.8 Å². The van der Waals surface area contributed by atoms with Gasteiger partial charge in [0.1, 0.15) is 17.9 Å². The number of piperazine rings is 2. The van der Waals surface area contributed by atoms with E-state index >= 15 is 0 Å². The molecule has 3 aromatic rings. The minimum atomic E-state index is -0.741. The van der Waals surface area contributed by atoms with Crippen LogP contribution in [-0.2, 0) is 16.0 Å². The average Bonchev–Trinajstić information content (AvgIpc) is 3.21. The van der Waals surface area contributed by atoms with E-state index in [-0.39, 0.29) is 36.4 Å². The maximum atomic E-state index is 13.9. The molecule has 0 bridgehead atoms. The largest absolute Gasteiger partial charge is 0.361 e. The molecule has 2 aliphatic heterocycles. The minimum absolute atomic E-state index is 0.0890. The second kappa shape index (κ2) is 7.78. The highest BCUT2D eigenvalue weighted by molar-refractivity contribution is 5.99. The zero-order valence-corrected chi connectivity index (χ0v) is 17.6. The molecule has 8 heteroatoms. The number of hydrogen-bond acceptors (Lipinski definition) is 3. The van der Waals surface area contributed by atoms with Gasteiger partial charge in [-0.15, -0.1) is 0 Å². The molecule has 2 N–H and O–H groups in total. The van der Waals surface area contributed by atoms with Gasteiger partial charge in [-0.1, -0.05) is 24.3 Å². The van der Waals surface area contributed by atoms with E-state index in [0.717, 1.165) is 16.5 Å². The number of aryl methyl sites for hydroxylation is 1. The molecule has 2 saturated heterocycles. The summed E-state index contributed by atoms with van der Waals surface area (Å²) in [6.45, 7) is 2.28. The van der Waals surface area contributed by atoms with Gasteiger partial charge < -0.3 is 20.1 Å².